The molecule has 9 nitrogen and oxygen atoms in total. The molecule has 0 bridgehead atoms. The van der Waals surface area contributed by atoms with Gasteiger partial charge in [0, 0.05) is 0 Å². The van der Waals surface area contributed by atoms with Crippen LogP contribution in [0.4, 0.5) is 0 Å². The molecule has 0 unspecified atom stereocenters. The molecule has 4 aromatic rings. The van der Waals surface area contributed by atoms with Gasteiger partial charge in [0.25, 0.3) is 0 Å². The van der Waals surface area contributed by atoms with Crippen LogP contribution in [0, 0.1) is 13.8 Å². The molecule has 0 N–H and O–H groups in total. The lowest BCUT2D eigenvalue weighted by atomic mass is 10.1. The van der Waals surface area contributed by atoms with Gasteiger partial charge in [-0.3, -0.25) is 0 Å². The molecule has 0 saturated carbocycles. The molecule has 0 saturated heterocycles. The fourth-order valence-electron chi connectivity index (χ4n) is 2.85. The highest BCUT2D eigenvalue weighted by Gasteiger charge is 2.23. The third kappa shape index (κ3) is 3.65. The van der Waals surface area contributed by atoms with Gasteiger partial charge in [0.2, 0.25) is 0 Å². The van der Waals surface area contributed by atoms with Crippen molar-refractivity contribution in [2.24, 2.45) is 0 Å². The van der Waals surface area contributed by atoms with E-state index < -0.39 is 11.9 Å². The van der Waals surface area contributed by atoms with Crippen LogP contribution in [-0.4, -0.2) is 41.9 Å². The van der Waals surface area contributed by atoms with Crippen molar-refractivity contribution in [3.05, 3.63) is 83.4 Å². The first-order valence-electron chi connectivity index (χ1n) is 8.74. The summed E-state index contributed by atoms with van der Waals surface area (Å²) >= 11 is 0. The minimum Gasteiger partial charge on any atom is -0.386 e. The Kier molecular flexibility index (Phi) is 4.70. The van der Waals surface area contributed by atoms with Gasteiger partial charge in [0.05, 0.1) is 35.9 Å². The highest BCUT2D eigenvalue weighted by molar-refractivity contribution is 6.05. The van der Waals surface area contributed by atoms with E-state index in [-0.39, 0.29) is 11.1 Å². The van der Waals surface area contributed by atoms with E-state index in [1.807, 2.05) is 26.0 Å². The smallest absolute Gasteiger partial charge is 0.348 e. The zero-order valence-electron chi connectivity index (χ0n) is 15.7. The van der Waals surface area contributed by atoms with Gasteiger partial charge < -0.3 is 4.74 Å². The van der Waals surface area contributed by atoms with Crippen molar-refractivity contribution in [2.45, 2.75) is 13.8 Å². The van der Waals surface area contributed by atoms with E-state index in [2.05, 4.69) is 20.4 Å². The van der Waals surface area contributed by atoms with E-state index in [0.717, 1.165) is 11.1 Å². The Balaban J connectivity index is 1.68. The Morgan fingerprint density at radius 1 is 0.690 bits per heavy atom. The predicted molar refractivity (Wildman–Crippen MR) is 102 cm³/mol. The molecule has 9 heteroatoms. The molecule has 2 aromatic heterocycles. The van der Waals surface area contributed by atoms with Gasteiger partial charge in [-0.25, -0.2) is 9.59 Å². The molecule has 0 aliphatic carbocycles. The second kappa shape index (κ2) is 7.47. The van der Waals surface area contributed by atoms with Gasteiger partial charge in [-0.1, -0.05) is 23.3 Å². The number of nitrogens with zero attached hydrogens (tertiary/aromatic N) is 6. The maximum atomic E-state index is 12.8. The third-order valence-electron chi connectivity index (χ3n) is 4.20. The molecule has 29 heavy (non-hydrogen) atoms. The SMILES string of the molecule is Cc1ccc(-n2nccn2)c(C(=O)OC(=O)c2cc(C)ccc2-n2nccn2)c1. The number of carbonyl (C=O) groups excluding carboxylic acids is 2. The number of aromatic nitrogens is 6. The minimum atomic E-state index is -0.799. The summed E-state index contributed by atoms with van der Waals surface area (Å²) in [6.07, 6.45) is 5.99. The summed E-state index contributed by atoms with van der Waals surface area (Å²) in [5.41, 5.74) is 2.85. The molecule has 144 valence electrons. The summed E-state index contributed by atoms with van der Waals surface area (Å²) in [5.74, 6) is -1.60. The zero-order valence-corrected chi connectivity index (χ0v) is 15.7. The Bertz CT molecular complexity index is 1090. The molecular formula is C20H16N6O3. The lowest BCUT2D eigenvalue weighted by Gasteiger charge is -2.11. The monoisotopic (exact) mass is 388 g/mol. The maximum Gasteiger partial charge on any atom is 0.348 e. The van der Waals surface area contributed by atoms with Crippen molar-refractivity contribution >= 4 is 11.9 Å². The molecular weight excluding hydrogens is 372 g/mol. The normalized spacial score (nSPS) is 10.7. The first kappa shape index (κ1) is 18.2. The number of rotatable bonds is 4. The average Bonchev–Trinajstić information content (AvgIpc) is 3.42. The quantitative estimate of drug-likeness (QED) is 0.391. The van der Waals surface area contributed by atoms with Gasteiger partial charge in [-0.15, -0.1) is 0 Å². The summed E-state index contributed by atoms with van der Waals surface area (Å²) in [7, 11) is 0. The van der Waals surface area contributed by atoms with Crippen LogP contribution in [0.25, 0.3) is 11.4 Å². The highest BCUT2D eigenvalue weighted by Crippen LogP contribution is 2.20. The van der Waals surface area contributed by atoms with Gasteiger partial charge >= 0.3 is 11.9 Å². The van der Waals surface area contributed by atoms with Crippen LogP contribution in [0.15, 0.2) is 61.2 Å². The van der Waals surface area contributed by atoms with Crippen LogP contribution >= 0.6 is 0 Å². The molecule has 0 atom stereocenters. The maximum absolute atomic E-state index is 12.8. The van der Waals surface area contributed by atoms with Crippen molar-refractivity contribution in [3.8, 4) is 11.4 Å². The van der Waals surface area contributed by atoms with Gasteiger partial charge in [0.1, 0.15) is 11.4 Å². The van der Waals surface area contributed by atoms with Crippen LogP contribution in [0.3, 0.4) is 0 Å². The Morgan fingerprint density at radius 3 is 1.45 bits per heavy atom. The molecule has 0 fully saturated rings. The summed E-state index contributed by atoms with van der Waals surface area (Å²) < 4.78 is 5.19. The van der Waals surface area contributed by atoms with Crippen LogP contribution < -0.4 is 0 Å². The molecule has 2 aromatic carbocycles. The standard InChI is InChI=1S/C20H16N6O3/c1-13-3-5-17(25-21-7-8-22-25)15(11-13)19(27)29-20(28)16-12-14(2)4-6-18(16)26-23-9-10-24-26/h3-12H,1-2H3. The van der Waals surface area contributed by atoms with Crippen molar-refractivity contribution in [1.29, 1.82) is 0 Å². The van der Waals surface area contributed by atoms with E-state index in [1.165, 1.54) is 34.4 Å². The van der Waals surface area contributed by atoms with Gasteiger partial charge in [0.15, 0.2) is 0 Å². The van der Waals surface area contributed by atoms with Gasteiger partial charge in [-0.2, -0.15) is 30.0 Å². The fraction of sp³-hybridized carbons (Fsp3) is 0.100. The molecule has 2 heterocycles. The fourth-order valence-corrected chi connectivity index (χ4v) is 2.85. The van der Waals surface area contributed by atoms with E-state index in [0.29, 0.717) is 11.4 Å². The number of carbonyl (C=O) groups is 2. The first-order chi connectivity index (χ1) is 14.0. The molecule has 0 aliphatic rings. The summed E-state index contributed by atoms with van der Waals surface area (Å²) in [6, 6.07) is 10.3. The molecule has 0 spiro atoms. The van der Waals surface area contributed by atoms with Crippen LogP contribution in [0.1, 0.15) is 31.8 Å². The number of esters is 2. The lowest BCUT2D eigenvalue weighted by molar-refractivity contribution is 0.0397. The predicted octanol–water partition coefficient (Wildman–Crippen LogP) is 2.46. The second-order valence-corrected chi connectivity index (χ2v) is 6.36. The molecule has 0 radical (unpaired) electrons. The van der Waals surface area contributed by atoms with Crippen molar-refractivity contribution in [2.75, 3.05) is 0 Å². The molecule has 0 amide bonds. The Hall–Kier alpha value is -4.14. The third-order valence-corrected chi connectivity index (χ3v) is 4.20. The van der Waals surface area contributed by atoms with Crippen molar-refractivity contribution in [3.63, 3.8) is 0 Å². The minimum absolute atomic E-state index is 0.181. The Morgan fingerprint density at radius 2 is 1.07 bits per heavy atom. The van der Waals surface area contributed by atoms with E-state index >= 15 is 0 Å². The van der Waals surface area contributed by atoms with Crippen LogP contribution in [0.2, 0.25) is 0 Å². The summed E-state index contributed by atoms with van der Waals surface area (Å²) in [6.45, 7) is 3.67. The lowest BCUT2D eigenvalue weighted by Crippen LogP contribution is -2.18. The van der Waals surface area contributed by atoms with Crippen LogP contribution in [-0.2, 0) is 4.74 Å². The average molecular weight is 388 g/mol. The summed E-state index contributed by atoms with van der Waals surface area (Å²) in [5, 5.41) is 16.2. The van der Waals surface area contributed by atoms with Crippen molar-refractivity contribution in [1.82, 2.24) is 30.0 Å². The zero-order chi connectivity index (χ0) is 20.4. The Labute approximate surface area is 165 Å². The highest BCUT2D eigenvalue weighted by atomic mass is 16.6. The van der Waals surface area contributed by atoms with E-state index in [1.54, 1.807) is 24.3 Å². The van der Waals surface area contributed by atoms with E-state index in [4.69, 9.17) is 4.74 Å². The van der Waals surface area contributed by atoms with Gasteiger partial charge in [-0.05, 0) is 38.1 Å². The molecule has 4 rings (SSSR count). The number of hydrogen-bond donors (Lipinski definition) is 0. The van der Waals surface area contributed by atoms with E-state index in [9.17, 15) is 9.59 Å². The number of aryl methyl sites for hydroxylation is 2. The first-order valence-corrected chi connectivity index (χ1v) is 8.74. The number of hydrogen-bond acceptors (Lipinski definition) is 7. The second-order valence-electron chi connectivity index (χ2n) is 6.36. The van der Waals surface area contributed by atoms with Crippen LogP contribution in [0.5, 0.6) is 0 Å². The summed E-state index contributed by atoms with van der Waals surface area (Å²) in [4.78, 5) is 28.3. The largest absolute Gasteiger partial charge is 0.386 e. The number of benzene rings is 2. The topological polar surface area (TPSA) is 105 Å². The van der Waals surface area contributed by atoms with Crippen molar-refractivity contribution < 1.29 is 14.3 Å². The molecule has 0 aliphatic heterocycles. The number of ether oxygens (including phenoxy) is 1.